The van der Waals surface area contributed by atoms with E-state index in [4.69, 9.17) is 0 Å². The van der Waals surface area contributed by atoms with Crippen LogP contribution in [0, 0.1) is 6.92 Å². The molecule has 0 spiro atoms. The minimum absolute atomic E-state index is 1.02. The Kier molecular flexibility index (Phi) is 4.40. The van der Waals surface area contributed by atoms with Crippen molar-refractivity contribution in [3.05, 3.63) is 46.2 Å². The maximum atomic E-state index is 4.33. The zero-order valence-electron chi connectivity index (χ0n) is 11.8. The van der Waals surface area contributed by atoms with Gasteiger partial charge in [-0.3, -0.25) is 14.8 Å². The van der Waals surface area contributed by atoms with Crippen molar-refractivity contribution in [1.29, 1.82) is 0 Å². The molecule has 2 aromatic heterocycles. The van der Waals surface area contributed by atoms with Gasteiger partial charge in [0.25, 0.3) is 0 Å². The Balaban J connectivity index is 1.49. The Hall–Kier alpha value is -1.30. The smallest absolute Gasteiger partial charge is 0.0798 e. The maximum Gasteiger partial charge on any atom is 0.0798 e. The highest BCUT2D eigenvalue weighted by Crippen LogP contribution is 2.16. The summed E-state index contributed by atoms with van der Waals surface area (Å²) in [5.74, 6) is 0. The van der Waals surface area contributed by atoms with Gasteiger partial charge in [-0.1, -0.05) is 6.07 Å². The van der Waals surface area contributed by atoms with E-state index in [0.717, 1.165) is 39.3 Å². The molecular formula is C15H20N4S. The Bertz CT molecular complexity index is 532. The molecule has 4 nitrogen and oxygen atoms in total. The van der Waals surface area contributed by atoms with Crippen molar-refractivity contribution in [3.8, 4) is 0 Å². The molecule has 1 aliphatic rings. The highest BCUT2D eigenvalue weighted by atomic mass is 32.1. The molecule has 0 amide bonds. The van der Waals surface area contributed by atoms with E-state index in [2.05, 4.69) is 32.8 Å². The molecule has 1 saturated heterocycles. The summed E-state index contributed by atoms with van der Waals surface area (Å²) in [5.41, 5.74) is 4.44. The van der Waals surface area contributed by atoms with E-state index < -0.39 is 0 Å². The van der Waals surface area contributed by atoms with Gasteiger partial charge in [0, 0.05) is 56.5 Å². The number of hydrogen-bond donors (Lipinski definition) is 0. The second-order valence-corrected chi connectivity index (χ2v) is 6.21. The van der Waals surface area contributed by atoms with E-state index in [9.17, 15) is 0 Å². The summed E-state index contributed by atoms with van der Waals surface area (Å²) in [6, 6.07) is 4.16. The molecule has 3 heterocycles. The molecule has 1 fully saturated rings. The minimum Gasteiger partial charge on any atom is -0.296 e. The lowest BCUT2D eigenvalue weighted by Gasteiger charge is -2.34. The Morgan fingerprint density at radius 3 is 2.50 bits per heavy atom. The van der Waals surface area contributed by atoms with E-state index in [0.29, 0.717) is 0 Å². The number of aromatic nitrogens is 2. The lowest BCUT2D eigenvalue weighted by Crippen LogP contribution is -2.45. The summed E-state index contributed by atoms with van der Waals surface area (Å²) in [4.78, 5) is 15.0. The van der Waals surface area contributed by atoms with Crippen LogP contribution in [-0.2, 0) is 13.1 Å². The molecule has 0 radical (unpaired) electrons. The molecule has 3 rings (SSSR count). The van der Waals surface area contributed by atoms with Crippen molar-refractivity contribution < 1.29 is 0 Å². The predicted molar refractivity (Wildman–Crippen MR) is 81.6 cm³/mol. The van der Waals surface area contributed by atoms with Crippen LogP contribution in [0.5, 0.6) is 0 Å². The third-order valence-corrected chi connectivity index (χ3v) is 4.73. The molecular weight excluding hydrogens is 268 g/mol. The van der Waals surface area contributed by atoms with E-state index in [-0.39, 0.29) is 0 Å². The summed E-state index contributed by atoms with van der Waals surface area (Å²) in [6.07, 6.45) is 3.80. The maximum absolute atomic E-state index is 4.33. The standard InChI is InChI=1S/C15H20N4S/c1-13-15(20-12-17-13)11-19-7-5-18(6-8-19)10-14-3-2-4-16-9-14/h2-4,9,12H,5-8,10-11H2,1H3. The molecule has 5 heteroatoms. The Morgan fingerprint density at radius 1 is 1.15 bits per heavy atom. The second-order valence-electron chi connectivity index (χ2n) is 5.27. The van der Waals surface area contributed by atoms with E-state index >= 15 is 0 Å². The SMILES string of the molecule is Cc1ncsc1CN1CCN(Cc2cccnc2)CC1. The highest BCUT2D eigenvalue weighted by molar-refractivity contribution is 7.09. The van der Waals surface area contributed by atoms with Gasteiger partial charge in [0.1, 0.15) is 0 Å². The first-order valence-electron chi connectivity index (χ1n) is 7.04. The van der Waals surface area contributed by atoms with Gasteiger partial charge in [0.05, 0.1) is 11.2 Å². The molecule has 0 N–H and O–H groups in total. The first-order valence-corrected chi connectivity index (χ1v) is 7.92. The molecule has 0 atom stereocenters. The first kappa shape index (κ1) is 13.7. The molecule has 2 aromatic rings. The number of pyridine rings is 1. The van der Waals surface area contributed by atoms with Crippen LogP contribution in [0.2, 0.25) is 0 Å². The van der Waals surface area contributed by atoms with Crippen molar-refractivity contribution in [3.63, 3.8) is 0 Å². The average molecular weight is 288 g/mol. The fourth-order valence-corrected chi connectivity index (χ4v) is 3.35. The van der Waals surface area contributed by atoms with Crippen LogP contribution < -0.4 is 0 Å². The summed E-state index contributed by atoms with van der Waals surface area (Å²) >= 11 is 1.77. The van der Waals surface area contributed by atoms with Crippen molar-refractivity contribution in [1.82, 2.24) is 19.8 Å². The Labute approximate surface area is 124 Å². The van der Waals surface area contributed by atoms with Crippen molar-refractivity contribution in [2.24, 2.45) is 0 Å². The summed E-state index contributed by atoms with van der Waals surface area (Å²) in [7, 11) is 0. The molecule has 20 heavy (non-hydrogen) atoms. The molecule has 0 aliphatic carbocycles. The van der Waals surface area contributed by atoms with Gasteiger partial charge >= 0.3 is 0 Å². The van der Waals surface area contributed by atoms with Crippen molar-refractivity contribution >= 4 is 11.3 Å². The van der Waals surface area contributed by atoms with Crippen LogP contribution in [0.4, 0.5) is 0 Å². The highest BCUT2D eigenvalue weighted by Gasteiger charge is 2.18. The fraction of sp³-hybridized carbons (Fsp3) is 0.467. The quantitative estimate of drug-likeness (QED) is 0.863. The predicted octanol–water partition coefficient (Wildman–Crippen LogP) is 2.16. The molecule has 0 unspecified atom stereocenters. The van der Waals surface area contributed by atoms with Crippen LogP contribution in [0.15, 0.2) is 30.0 Å². The number of hydrogen-bond acceptors (Lipinski definition) is 5. The number of nitrogens with zero attached hydrogens (tertiary/aromatic N) is 4. The topological polar surface area (TPSA) is 32.3 Å². The second kappa shape index (κ2) is 6.43. The van der Waals surface area contributed by atoms with Crippen LogP contribution in [-0.4, -0.2) is 45.9 Å². The van der Waals surface area contributed by atoms with Gasteiger partial charge in [-0.2, -0.15) is 0 Å². The van der Waals surface area contributed by atoms with Gasteiger partial charge in [-0.15, -0.1) is 11.3 Å². The Morgan fingerprint density at radius 2 is 1.90 bits per heavy atom. The van der Waals surface area contributed by atoms with Crippen LogP contribution in [0.25, 0.3) is 0 Å². The number of rotatable bonds is 4. The van der Waals surface area contributed by atoms with E-state index in [1.165, 1.54) is 16.1 Å². The lowest BCUT2D eigenvalue weighted by molar-refractivity contribution is 0.122. The fourth-order valence-electron chi connectivity index (χ4n) is 2.54. The van der Waals surface area contributed by atoms with Gasteiger partial charge in [0.15, 0.2) is 0 Å². The van der Waals surface area contributed by atoms with Gasteiger partial charge < -0.3 is 0 Å². The number of thiazole rings is 1. The summed E-state index contributed by atoms with van der Waals surface area (Å²) in [6.45, 7) is 8.71. The van der Waals surface area contributed by atoms with Gasteiger partial charge in [0.2, 0.25) is 0 Å². The molecule has 0 saturated carbocycles. The molecule has 0 aromatic carbocycles. The zero-order valence-corrected chi connectivity index (χ0v) is 12.6. The van der Waals surface area contributed by atoms with Gasteiger partial charge in [-0.05, 0) is 18.6 Å². The molecule has 0 bridgehead atoms. The minimum atomic E-state index is 1.02. The van der Waals surface area contributed by atoms with Crippen LogP contribution >= 0.6 is 11.3 Å². The summed E-state index contributed by atoms with van der Waals surface area (Å²) < 4.78 is 0. The largest absolute Gasteiger partial charge is 0.296 e. The van der Waals surface area contributed by atoms with Crippen LogP contribution in [0.3, 0.4) is 0 Å². The third kappa shape index (κ3) is 3.42. The van der Waals surface area contributed by atoms with Crippen LogP contribution in [0.1, 0.15) is 16.1 Å². The van der Waals surface area contributed by atoms with E-state index in [1.54, 1.807) is 11.3 Å². The zero-order chi connectivity index (χ0) is 13.8. The third-order valence-electron chi connectivity index (χ3n) is 3.81. The van der Waals surface area contributed by atoms with E-state index in [1.807, 2.05) is 24.0 Å². The normalized spacial score (nSPS) is 17.4. The van der Waals surface area contributed by atoms with Crippen molar-refractivity contribution in [2.75, 3.05) is 26.2 Å². The molecule has 1 aliphatic heterocycles. The monoisotopic (exact) mass is 288 g/mol. The molecule has 106 valence electrons. The number of piperazine rings is 1. The average Bonchev–Trinajstić information content (AvgIpc) is 2.88. The lowest BCUT2D eigenvalue weighted by atomic mass is 10.2. The summed E-state index contributed by atoms with van der Waals surface area (Å²) in [5, 5.41) is 0. The first-order chi connectivity index (χ1) is 9.81. The number of aryl methyl sites for hydroxylation is 1. The van der Waals surface area contributed by atoms with Gasteiger partial charge in [-0.25, -0.2) is 4.98 Å². The van der Waals surface area contributed by atoms with Crippen molar-refractivity contribution in [2.45, 2.75) is 20.0 Å².